The van der Waals surface area contributed by atoms with E-state index in [0.717, 1.165) is 18.5 Å². The van der Waals surface area contributed by atoms with Crippen LogP contribution in [0.3, 0.4) is 0 Å². The zero-order valence-electron chi connectivity index (χ0n) is 11.4. The fourth-order valence-electron chi connectivity index (χ4n) is 2.49. The number of pyridine rings is 1. The number of nitrogens with one attached hydrogen (secondary N) is 1. The number of nitrogens with zero attached hydrogens (tertiary/aromatic N) is 1. The van der Waals surface area contributed by atoms with E-state index in [1.54, 1.807) is 12.3 Å². The molecule has 2 heterocycles. The van der Waals surface area contributed by atoms with E-state index < -0.39 is 0 Å². The van der Waals surface area contributed by atoms with Crippen molar-refractivity contribution in [3.05, 3.63) is 29.8 Å². The second-order valence-corrected chi connectivity index (χ2v) is 7.26. The number of hydrogen-bond acceptors (Lipinski definition) is 4. The Morgan fingerprint density at radius 3 is 2.84 bits per heavy atom. The molecule has 3 unspecified atom stereocenters. The van der Waals surface area contributed by atoms with Gasteiger partial charge in [-0.1, -0.05) is 13.8 Å². The molecule has 0 spiro atoms. The Labute approximate surface area is 123 Å². The summed E-state index contributed by atoms with van der Waals surface area (Å²) < 4.78 is 13.4. The van der Waals surface area contributed by atoms with Crippen LogP contribution in [0, 0.1) is 5.82 Å². The van der Waals surface area contributed by atoms with Gasteiger partial charge in [-0.2, -0.15) is 23.5 Å². The first kappa shape index (κ1) is 15.1. The topological polar surface area (TPSA) is 24.9 Å². The van der Waals surface area contributed by atoms with Crippen LogP contribution in [-0.4, -0.2) is 33.5 Å². The van der Waals surface area contributed by atoms with E-state index in [1.165, 1.54) is 17.7 Å². The van der Waals surface area contributed by atoms with E-state index in [0.29, 0.717) is 10.5 Å². The molecule has 0 radical (unpaired) electrons. The molecule has 1 aromatic rings. The molecule has 106 valence electrons. The van der Waals surface area contributed by atoms with Crippen molar-refractivity contribution in [2.45, 2.75) is 36.8 Å². The van der Waals surface area contributed by atoms with Crippen LogP contribution in [-0.2, 0) is 0 Å². The van der Waals surface area contributed by atoms with Crippen molar-refractivity contribution in [2.24, 2.45) is 0 Å². The van der Waals surface area contributed by atoms with Crippen LogP contribution in [0.25, 0.3) is 0 Å². The quantitative estimate of drug-likeness (QED) is 0.899. The molecule has 1 N–H and O–H groups in total. The average molecular weight is 300 g/mol. The molecule has 3 atom stereocenters. The van der Waals surface area contributed by atoms with Crippen LogP contribution in [0.2, 0.25) is 0 Å². The summed E-state index contributed by atoms with van der Waals surface area (Å²) in [5, 5.41) is 4.64. The maximum Gasteiger partial charge on any atom is 0.141 e. The van der Waals surface area contributed by atoms with Crippen LogP contribution in [0.1, 0.15) is 31.9 Å². The van der Waals surface area contributed by atoms with E-state index in [2.05, 4.69) is 24.1 Å². The molecule has 2 nitrogen and oxygen atoms in total. The van der Waals surface area contributed by atoms with E-state index in [9.17, 15) is 4.39 Å². The van der Waals surface area contributed by atoms with Gasteiger partial charge in [0, 0.05) is 34.2 Å². The van der Waals surface area contributed by atoms with Gasteiger partial charge in [0.25, 0.3) is 0 Å². The number of aromatic nitrogens is 1. The molecule has 0 bridgehead atoms. The molecular formula is C14H21FN2S2. The fourth-order valence-corrected chi connectivity index (χ4v) is 5.74. The Morgan fingerprint density at radius 1 is 1.37 bits per heavy atom. The van der Waals surface area contributed by atoms with Crippen LogP contribution >= 0.6 is 23.5 Å². The van der Waals surface area contributed by atoms with Crippen molar-refractivity contribution in [1.29, 1.82) is 0 Å². The smallest absolute Gasteiger partial charge is 0.141 e. The SMILES string of the molecule is CCNC(c1cncc(F)c1)C1SCCSC1CC. The van der Waals surface area contributed by atoms with Gasteiger partial charge in [-0.25, -0.2) is 4.39 Å². The second kappa shape index (κ2) is 7.50. The van der Waals surface area contributed by atoms with Crippen LogP contribution in [0.15, 0.2) is 18.5 Å². The molecule has 0 amide bonds. The number of halogens is 1. The van der Waals surface area contributed by atoms with Crippen LogP contribution in [0.4, 0.5) is 4.39 Å². The summed E-state index contributed by atoms with van der Waals surface area (Å²) in [7, 11) is 0. The molecule has 1 saturated heterocycles. The average Bonchev–Trinajstić information content (AvgIpc) is 2.45. The Bertz CT molecular complexity index is 403. The molecular weight excluding hydrogens is 279 g/mol. The molecule has 1 aromatic heterocycles. The Hall–Kier alpha value is -0.260. The van der Waals surface area contributed by atoms with Gasteiger partial charge in [-0.3, -0.25) is 4.98 Å². The predicted molar refractivity (Wildman–Crippen MR) is 83.4 cm³/mol. The minimum Gasteiger partial charge on any atom is -0.309 e. The monoisotopic (exact) mass is 300 g/mol. The molecule has 1 fully saturated rings. The van der Waals surface area contributed by atoms with E-state index >= 15 is 0 Å². The lowest BCUT2D eigenvalue weighted by Gasteiger charge is -2.36. The lowest BCUT2D eigenvalue weighted by molar-refractivity contribution is 0.506. The van der Waals surface area contributed by atoms with E-state index in [-0.39, 0.29) is 11.9 Å². The predicted octanol–water partition coefficient (Wildman–Crippen LogP) is 3.50. The molecule has 0 saturated carbocycles. The first-order valence-corrected chi connectivity index (χ1v) is 8.93. The largest absolute Gasteiger partial charge is 0.309 e. The summed E-state index contributed by atoms with van der Waals surface area (Å²) >= 11 is 4.06. The molecule has 19 heavy (non-hydrogen) atoms. The highest BCUT2D eigenvalue weighted by Crippen LogP contribution is 2.40. The van der Waals surface area contributed by atoms with Crippen molar-refractivity contribution < 1.29 is 4.39 Å². The van der Waals surface area contributed by atoms with Crippen molar-refractivity contribution in [3.63, 3.8) is 0 Å². The summed E-state index contributed by atoms with van der Waals surface area (Å²) in [5.41, 5.74) is 0.973. The van der Waals surface area contributed by atoms with Gasteiger partial charge < -0.3 is 5.32 Å². The molecule has 1 aliphatic rings. The minimum absolute atomic E-state index is 0.191. The molecule has 5 heteroatoms. The molecule has 0 aromatic carbocycles. The first-order valence-electron chi connectivity index (χ1n) is 6.83. The summed E-state index contributed by atoms with van der Waals surface area (Å²) in [5.74, 6) is 2.15. The third-order valence-electron chi connectivity index (χ3n) is 3.33. The molecule has 0 aliphatic carbocycles. The molecule has 1 aliphatic heterocycles. The van der Waals surface area contributed by atoms with Gasteiger partial charge in [0.05, 0.1) is 6.20 Å². The normalized spacial score (nSPS) is 25.2. The highest BCUT2D eigenvalue weighted by atomic mass is 32.2. The second-order valence-electron chi connectivity index (χ2n) is 4.62. The van der Waals surface area contributed by atoms with Gasteiger partial charge in [0.1, 0.15) is 5.82 Å². The first-order chi connectivity index (χ1) is 9.26. The van der Waals surface area contributed by atoms with Gasteiger partial charge in [-0.05, 0) is 24.6 Å². The highest BCUT2D eigenvalue weighted by molar-refractivity contribution is 8.07. The summed E-state index contributed by atoms with van der Waals surface area (Å²) in [4.78, 5) is 4.00. The zero-order chi connectivity index (χ0) is 13.7. The zero-order valence-corrected chi connectivity index (χ0v) is 13.1. The third kappa shape index (κ3) is 3.86. The van der Waals surface area contributed by atoms with E-state index in [1.807, 2.05) is 23.5 Å². The third-order valence-corrected chi connectivity index (χ3v) is 6.68. The number of rotatable bonds is 5. The van der Waals surface area contributed by atoms with Crippen molar-refractivity contribution in [2.75, 3.05) is 18.1 Å². The number of hydrogen-bond donors (Lipinski definition) is 1. The number of thioether (sulfide) groups is 2. The fraction of sp³-hybridized carbons (Fsp3) is 0.643. The van der Waals surface area contributed by atoms with Gasteiger partial charge in [0.15, 0.2) is 0 Å². The van der Waals surface area contributed by atoms with Gasteiger partial charge >= 0.3 is 0 Å². The summed E-state index contributed by atoms with van der Waals surface area (Å²) in [6.45, 7) is 5.23. The minimum atomic E-state index is -0.248. The lowest BCUT2D eigenvalue weighted by atomic mass is 10.0. The Morgan fingerprint density at radius 2 is 2.16 bits per heavy atom. The van der Waals surface area contributed by atoms with Gasteiger partial charge in [0.2, 0.25) is 0 Å². The van der Waals surface area contributed by atoms with Crippen LogP contribution in [0.5, 0.6) is 0 Å². The van der Waals surface area contributed by atoms with Crippen molar-refractivity contribution in [3.8, 4) is 0 Å². The summed E-state index contributed by atoms with van der Waals surface area (Å²) in [6.07, 6.45) is 4.22. The maximum atomic E-state index is 13.4. The maximum absolute atomic E-state index is 13.4. The summed E-state index contributed by atoms with van der Waals surface area (Å²) in [6, 6.07) is 1.81. The Balaban J connectivity index is 2.23. The Kier molecular flexibility index (Phi) is 5.98. The van der Waals surface area contributed by atoms with Crippen LogP contribution < -0.4 is 5.32 Å². The molecule has 2 rings (SSSR count). The van der Waals surface area contributed by atoms with Crippen molar-refractivity contribution >= 4 is 23.5 Å². The van der Waals surface area contributed by atoms with Crippen molar-refractivity contribution in [1.82, 2.24) is 10.3 Å². The van der Waals surface area contributed by atoms with Gasteiger partial charge in [-0.15, -0.1) is 0 Å². The highest BCUT2D eigenvalue weighted by Gasteiger charge is 2.32. The lowest BCUT2D eigenvalue weighted by Crippen LogP contribution is -2.38. The van der Waals surface area contributed by atoms with E-state index in [4.69, 9.17) is 0 Å². The standard InChI is InChI=1S/C14H21FN2S2/c1-3-12-14(19-6-5-18-12)13(17-4-2)10-7-11(15)9-16-8-10/h7-9,12-14,17H,3-6H2,1-2H3.